The molecule has 0 aliphatic heterocycles. The number of rotatable bonds is 8. The number of benzene rings is 1. The molecule has 1 unspecified atom stereocenters. The van der Waals surface area contributed by atoms with Crippen LogP contribution in [0.5, 0.6) is 0 Å². The van der Waals surface area contributed by atoms with Crippen molar-refractivity contribution in [3.05, 3.63) is 48.4 Å². The topological polar surface area (TPSA) is 107 Å². The summed E-state index contributed by atoms with van der Waals surface area (Å²) in [5.41, 5.74) is 2.98. The third kappa shape index (κ3) is 4.91. The minimum absolute atomic E-state index is 0.0970. The highest BCUT2D eigenvalue weighted by molar-refractivity contribution is 5.72. The Hall–Kier alpha value is -3.80. The predicted molar refractivity (Wildman–Crippen MR) is 126 cm³/mol. The van der Waals surface area contributed by atoms with Crippen molar-refractivity contribution < 1.29 is 0 Å². The van der Waals surface area contributed by atoms with Crippen LogP contribution < -0.4 is 10.2 Å². The third-order valence-electron chi connectivity index (χ3n) is 5.81. The van der Waals surface area contributed by atoms with Gasteiger partial charge in [-0.15, -0.1) is 10.2 Å². The second kappa shape index (κ2) is 9.56. The van der Waals surface area contributed by atoms with E-state index in [9.17, 15) is 5.26 Å². The number of hydrogen-bond donors (Lipinski definition) is 1. The lowest BCUT2D eigenvalue weighted by molar-refractivity contribution is 0.306. The summed E-state index contributed by atoms with van der Waals surface area (Å²) in [4.78, 5) is 10.4. The number of nitriles is 1. The maximum absolute atomic E-state index is 9.50. The van der Waals surface area contributed by atoms with Crippen LogP contribution in [0.15, 0.2) is 53.1 Å². The first-order valence-corrected chi connectivity index (χ1v) is 10.5. The number of aromatic nitrogens is 4. The van der Waals surface area contributed by atoms with Gasteiger partial charge in [0.25, 0.3) is 5.95 Å². The van der Waals surface area contributed by atoms with E-state index in [2.05, 4.69) is 70.4 Å². The molecule has 2 aromatic heterocycles. The van der Waals surface area contributed by atoms with Crippen LogP contribution in [0.4, 0.5) is 22.9 Å². The van der Waals surface area contributed by atoms with Gasteiger partial charge in [0.2, 0.25) is 0 Å². The Morgan fingerprint density at radius 3 is 2.56 bits per heavy atom. The molecule has 32 heavy (non-hydrogen) atoms. The largest absolute Gasteiger partial charge is 0.380 e. The highest BCUT2D eigenvalue weighted by atomic mass is 15.4. The molecule has 0 fully saturated rings. The van der Waals surface area contributed by atoms with Crippen molar-refractivity contribution in [1.82, 2.24) is 19.7 Å². The van der Waals surface area contributed by atoms with E-state index >= 15 is 0 Å². The fourth-order valence-corrected chi connectivity index (χ4v) is 2.91. The van der Waals surface area contributed by atoms with Crippen LogP contribution in [-0.4, -0.2) is 39.9 Å². The lowest BCUT2D eigenvalue weighted by Crippen LogP contribution is -2.33. The van der Waals surface area contributed by atoms with Gasteiger partial charge in [0.05, 0.1) is 11.9 Å². The smallest absolute Gasteiger partial charge is 0.252 e. The van der Waals surface area contributed by atoms with Gasteiger partial charge in [0.15, 0.2) is 5.82 Å². The van der Waals surface area contributed by atoms with Gasteiger partial charge < -0.3 is 10.2 Å². The van der Waals surface area contributed by atoms with Gasteiger partial charge in [-0.05, 0) is 43.0 Å². The fourth-order valence-electron chi connectivity index (χ4n) is 2.91. The average Bonchev–Trinajstić information content (AvgIpc) is 3.21. The number of nitrogens with one attached hydrogen (secondary N) is 1. The lowest BCUT2D eigenvalue weighted by atomic mass is 9.83. The molecule has 3 rings (SSSR count). The van der Waals surface area contributed by atoms with Crippen molar-refractivity contribution in [2.45, 2.75) is 40.2 Å². The number of azo groups is 1. The van der Waals surface area contributed by atoms with E-state index in [1.807, 2.05) is 31.1 Å². The Morgan fingerprint density at radius 1 is 1.22 bits per heavy atom. The summed E-state index contributed by atoms with van der Waals surface area (Å²) in [6.45, 7) is 8.83. The number of nitrogens with zero attached hydrogens (tertiary/aromatic N) is 8. The zero-order valence-corrected chi connectivity index (χ0v) is 19.4. The SMILES string of the molecule is CCC(C)(C)C(C)Nc1cc(N(C)C)ccc1N=Nc1c(C#N)cnn1-c1ncccn1. The Bertz CT molecular complexity index is 1120. The summed E-state index contributed by atoms with van der Waals surface area (Å²) in [5.74, 6) is 0.603. The van der Waals surface area contributed by atoms with Crippen molar-refractivity contribution in [2.24, 2.45) is 15.6 Å². The molecule has 2 heterocycles. The monoisotopic (exact) mass is 431 g/mol. The molecular formula is C23H29N9. The minimum Gasteiger partial charge on any atom is -0.380 e. The van der Waals surface area contributed by atoms with E-state index in [0.29, 0.717) is 17.2 Å². The molecule has 3 aromatic rings. The number of anilines is 2. The molecule has 166 valence electrons. The molecule has 0 saturated heterocycles. The van der Waals surface area contributed by atoms with Crippen molar-refractivity contribution in [3.63, 3.8) is 0 Å². The second-order valence-corrected chi connectivity index (χ2v) is 8.46. The van der Waals surface area contributed by atoms with Crippen LogP contribution in [0.3, 0.4) is 0 Å². The standard InChI is InChI=1S/C23H29N9/c1-7-23(3,4)16(2)28-20-13-18(31(5)6)9-10-19(20)29-30-21-17(14-24)15-27-32(21)22-25-11-8-12-26-22/h8-13,15-16,28H,7H2,1-6H3. The highest BCUT2D eigenvalue weighted by Gasteiger charge is 2.24. The number of hydrogen-bond acceptors (Lipinski definition) is 8. The summed E-state index contributed by atoms with van der Waals surface area (Å²) in [5, 5.41) is 26.2. The van der Waals surface area contributed by atoms with Crippen molar-refractivity contribution in [2.75, 3.05) is 24.3 Å². The summed E-state index contributed by atoms with van der Waals surface area (Å²) < 4.78 is 1.41. The molecule has 9 heteroatoms. The van der Waals surface area contributed by atoms with E-state index in [0.717, 1.165) is 17.8 Å². The first kappa shape index (κ1) is 22.9. The van der Waals surface area contributed by atoms with Crippen molar-refractivity contribution >= 4 is 22.9 Å². The predicted octanol–water partition coefficient (Wildman–Crippen LogP) is 5.25. The summed E-state index contributed by atoms with van der Waals surface area (Å²) in [6.07, 6.45) is 5.68. The molecule has 1 N–H and O–H groups in total. The fraction of sp³-hybridized carbons (Fsp3) is 0.391. The van der Waals surface area contributed by atoms with Gasteiger partial charge >= 0.3 is 0 Å². The average molecular weight is 432 g/mol. The van der Waals surface area contributed by atoms with Gasteiger partial charge in [-0.25, -0.2) is 9.97 Å². The lowest BCUT2D eigenvalue weighted by Gasteiger charge is -2.32. The molecule has 1 atom stereocenters. The van der Waals surface area contributed by atoms with E-state index in [-0.39, 0.29) is 17.3 Å². The second-order valence-electron chi connectivity index (χ2n) is 8.46. The van der Waals surface area contributed by atoms with Crippen LogP contribution in [0.2, 0.25) is 0 Å². The molecule has 0 saturated carbocycles. The Morgan fingerprint density at radius 2 is 1.94 bits per heavy atom. The summed E-state index contributed by atoms with van der Waals surface area (Å²) in [7, 11) is 3.99. The van der Waals surface area contributed by atoms with Crippen LogP contribution in [0.1, 0.15) is 39.7 Å². The normalized spacial score (nSPS) is 12.5. The molecule has 0 aliphatic rings. The van der Waals surface area contributed by atoms with E-state index < -0.39 is 0 Å². The van der Waals surface area contributed by atoms with Crippen LogP contribution in [-0.2, 0) is 0 Å². The molecule has 9 nitrogen and oxygen atoms in total. The van der Waals surface area contributed by atoms with Crippen LogP contribution >= 0.6 is 0 Å². The molecular weight excluding hydrogens is 402 g/mol. The summed E-state index contributed by atoms with van der Waals surface area (Å²) in [6, 6.07) is 9.98. The zero-order valence-electron chi connectivity index (χ0n) is 19.4. The molecule has 0 spiro atoms. The quantitative estimate of drug-likeness (QED) is 0.488. The van der Waals surface area contributed by atoms with Crippen molar-refractivity contribution in [3.8, 4) is 12.0 Å². The highest BCUT2D eigenvalue weighted by Crippen LogP contribution is 2.35. The van der Waals surface area contributed by atoms with Crippen LogP contribution in [0.25, 0.3) is 5.95 Å². The van der Waals surface area contributed by atoms with Gasteiger partial charge in [0.1, 0.15) is 17.3 Å². The Labute approximate surface area is 188 Å². The van der Waals surface area contributed by atoms with Gasteiger partial charge in [-0.1, -0.05) is 20.8 Å². The maximum atomic E-state index is 9.50. The third-order valence-corrected chi connectivity index (χ3v) is 5.81. The molecule has 0 amide bonds. The first-order chi connectivity index (χ1) is 15.3. The maximum Gasteiger partial charge on any atom is 0.252 e. The summed E-state index contributed by atoms with van der Waals surface area (Å²) >= 11 is 0. The van der Waals surface area contributed by atoms with Crippen molar-refractivity contribution in [1.29, 1.82) is 5.26 Å². The minimum atomic E-state index is 0.0970. The molecule has 1 aromatic carbocycles. The molecule has 0 aliphatic carbocycles. The zero-order chi connectivity index (χ0) is 23.3. The van der Waals surface area contributed by atoms with Gasteiger partial charge in [-0.2, -0.15) is 15.0 Å². The van der Waals surface area contributed by atoms with Gasteiger partial charge in [0, 0.05) is 38.2 Å². The first-order valence-electron chi connectivity index (χ1n) is 10.5. The Balaban J connectivity index is 2.02. The van der Waals surface area contributed by atoms with Gasteiger partial charge in [-0.3, -0.25) is 0 Å². The van der Waals surface area contributed by atoms with Crippen LogP contribution in [0, 0.1) is 16.7 Å². The Kier molecular flexibility index (Phi) is 6.83. The van der Waals surface area contributed by atoms with E-state index in [1.54, 1.807) is 18.5 Å². The van der Waals surface area contributed by atoms with E-state index in [1.165, 1.54) is 10.9 Å². The molecule has 0 radical (unpaired) electrons. The van der Waals surface area contributed by atoms with E-state index in [4.69, 9.17) is 0 Å². The molecule has 0 bridgehead atoms.